The number of nitrogens with two attached hydrogens (primary N) is 1. The molecule has 7 nitrogen and oxygen atoms in total. The first-order valence-corrected chi connectivity index (χ1v) is 5.80. The van der Waals surface area contributed by atoms with Gasteiger partial charge < -0.3 is 10.5 Å². The molecule has 1 aromatic carbocycles. The van der Waals surface area contributed by atoms with Crippen LogP contribution in [0.15, 0.2) is 18.2 Å². The van der Waals surface area contributed by atoms with Crippen LogP contribution in [0.25, 0.3) is 0 Å². The lowest BCUT2D eigenvalue weighted by Gasteiger charge is -2.06. The van der Waals surface area contributed by atoms with Crippen molar-refractivity contribution in [1.29, 1.82) is 0 Å². The van der Waals surface area contributed by atoms with Gasteiger partial charge in [0.2, 0.25) is 0 Å². The molecule has 0 saturated heterocycles. The van der Waals surface area contributed by atoms with Gasteiger partial charge in [0.1, 0.15) is 17.3 Å². The summed E-state index contributed by atoms with van der Waals surface area (Å²) in [7, 11) is 0. The molecule has 8 heteroatoms. The van der Waals surface area contributed by atoms with E-state index in [0.29, 0.717) is 10.7 Å². The fourth-order valence-corrected chi connectivity index (χ4v) is 1.78. The van der Waals surface area contributed by atoms with Gasteiger partial charge in [-0.05, 0) is 18.6 Å². The van der Waals surface area contributed by atoms with Crippen LogP contribution in [-0.4, -0.2) is 14.5 Å². The standard InChI is InChI=1S/C10H10N4O3S/c1-6-2-3-8(14(15)16)9(4-6)17-5-7-10(11)18-13-12-7/h2-4H,5,11H2,1H3. The van der Waals surface area contributed by atoms with Crippen LogP contribution in [0, 0.1) is 17.0 Å². The van der Waals surface area contributed by atoms with Gasteiger partial charge in [-0.3, -0.25) is 10.1 Å². The zero-order valence-corrected chi connectivity index (χ0v) is 10.3. The van der Waals surface area contributed by atoms with Crippen LogP contribution < -0.4 is 10.5 Å². The summed E-state index contributed by atoms with van der Waals surface area (Å²) in [5.41, 5.74) is 6.89. The fraction of sp³-hybridized carbons (Fsp3) is 0.200. The summed E-state index contributed by atoms with van der Waals surface area (Å²) in [6.45, 7) is 1.89. The van der Waals surface area contributed by atoms with E-state index in [0.717, 1.165) is 17.1 Å². The van der Waals surface area contributed by atoms with E-state index in [1.165, 1.54) is 6.07 Å². The lowest BCUT2D eigenvalue weighted by molar-refractivity contribution is -0.386. The predicted molar refractivity (Wildman–Crippen MR) is 66.5 cm³/mol. The summed E-state index contributed by atoms with van der Waals surface area (Å²) in [6, 6.07) is 4.67. The van der Waals surface area contributed by atoms with Crippen LogP contribution >= 0.6 is 11.5 Å². The maximum Gasteiger partial charge on any atom is 0.310 e. The van der Waals surface area contributed by atoms with Crippen molar-refractivity contribution in [2.24, 2.45) is 0 Å². The second kappa shape index (κ2) is 4.96. The molecule has 1 heterocycles. The molecule has 0 radical (unpaired) electrons. The van der Waals surface area contributed by atoms with Crippen molar-refractivity contribution >= 4 is 22.2 Å². The molecule has 2 N–H and O–H groups in total. The van der Waals surface area contributed by atoms with E-state index in [1.807, 2.05) is 6.92 Å². The van der Waals surface area contributed by atoms with E-state index in [-0.39, 0.29) is 18.0 Å². The molecule has 2 rings (SSSR count). The molecular weight excluding hydrogens is 256 g/mol. The second-order valence-electron chi connectivity index (χ2n) is 3.60. The number of aryl methyl sites for hydroxylation is 1. The van der Waals surface area contributed by atoms with Crippen molar-refractivity contribution in [1.82, 2.24) is 9.59 Å². The molecule has 94 valence electrons. The molecule has 0 spiro atoms. The van der Waals surface area contributed by atoms with Gasteiger partial charge in [0.25, 0.3) is 0 Å². The van der Waals surface area contributed by atoms with Crippen molar-refractivity contribution in [3.05, 3.63) is 39.6 Å². The highest BCUT2D eigenvalue weighted by atomic mass is 32.1. The Bertz CT molecular complexity index is 584. The maximum atomic E-state index is 10.8. The number of ether oxygens (including phenoxy) is 1. The minimum absolute atomic E-state index is 0.0621. The van der Waals surface area contributed by atoms with E-state index < -0.39 is 4.92 Å². The zero-order chi connectivity index (χ0) is 13.1. The van der Waals surface area contributed by atoms with E-state index >= 15 is 0 Å². The molecular formula is C10H10N4O3S. The van der Waals surface area contributed by atoms with Crippen LogP contribution in [0.4, 0.5) is 10.7 Å². The minimum atomic E-state index is -0.489. The number of hydrogen-bond donors (Lipinski definition) is 1. The number of aromatic nitrogens is 2. The molecule has 2 aromatic rings. The van der Waals surface area contributed by atoms with Crippen molar-refractivity contribution in [3.63, 3.8) is 0 Å². The third-order valence-electron chi connectivity index (χ3n) is 2.26. The summed E-state index contributed by atoms with van der Waals surface area (Å²) in [5.74, 6) is 0.201. The Balaban J connectivity index is 2.20. The number of benzene rings is 1. The number of nitrogen functional groups attached to an aromatic ring is 1. The zero-order valence-electron chi connectivity index (χ0n) is 9.49. The number of nitro benzene ring substituents is 1. The van der Waals surface area contributed by atoms with Crippen LogP contribution in [0.5, 0.6) is 5.75 Å². The lowest BCUT2D eigenvalue weighted by Crippen LogP contribution is -2.01. The molecule has 0 aliphatic rings. The molecule has 18 heavy (non-hydrogen) atoms. The SMILES string of the molecule is Cc1ccc([N+](=O)[O-])c(OCc2nnsc2N)c1. The fourth-order valence-electron chi connectivity index (χ4n) is 1.35. The van der Waals surface area contributed by atoms with Crippen LogP contribution in [0.3, 0.4) is 0 Å². The first kappa shape index (κ1) is 12.2. The van der Waals surface area contributed by atoms with E-state index in [1.54, 1.807) is 12.1 Å². The number of anilines is 1. The third-order valence-corrected chi connectivity index (χ3v) is 2.86. The molecule has 0 aliphatic heterocycles. The van der Waals surface area contributed by atoms with Crippen molar-refractivity contribution < 1.29 is 9.66 Å². The number of hydrogen-bond acceptors (Lipinski definition) is 7. The quantitative estimate of drug-likeness (QED) is 0.669. The first-order chi connectivity index (χ1) is 8.58. The average molecular weight is 266 g/mol. The average Bonchev–Trinajstić information content (AvgIpc) is 2.72. The van der Waals surface area contributed by atoms with Crippen LogP contribution in [0.2, 0.25) is 0 Å². The largest absolute Gasteiger partial charge is 0.480 e. The molecule has 0 unspecified atom stereocenters. The third kappa shape index (κ3) is 2.54. The van der Waals surface area contributed by atoms with Crippen LogP contribution in [0.1, 0.15) is 11.3 Å². The highest BCUT2D eigenvalue weighted by Gasteiger charge is 2.16. The first-order valence-electron chi connectivity index (χ1n) is 5.02. The molecule has 0 atom stereocenters. The van der Waals surface area contributed by atoms with Crippen molar-refractivity contribution in [3.8, 4) is 5.75 Å². The molecule has 0 aliphatic carbocycles. The molecule has 1 aromatic heterocycles. The molecule has 0 amide bonds. The summed E-state index contributed by atoms with van der Waals surface area (Å²) in [4.78, 5) is 10.3. The van der Waals surface area contributed by atoms with Gasteiger partial charge >= 0.3 is 5.69 Å². The Kier molecular flexibility index (Phi) is 3.38. The highest BCUT2D eigenvalue weighted by Crippen LogP contribution is 2.28. The van der Waals surface area contributed by atoms with Gasteiger partial charge in [-0.2, -0.15) is 0 Å². The summed E-state index contributed by atoms with van der Waals surface area (Å²) >= 11 is 1.06. The molecule has 0 fully saturated rings. The minimum Gasteiger partial charge on any atom is -0.480 e. The molecule has 0 bridgehead atoms. The topological polar surface area (TPSA) is 104 Å². The second-order valence-corrected chi connectivity index (χ2v) is 4.39. The summed E-state index contributed by atoms with van der Waals surface area (Å²) in [6.07, 6.45) is 0. The van der Waals surface area contributed by atoms with Crippen LogP contribution in [-0.2, 0) is 6.61 Å². The van der Waals surface area contributed by atoms with Gasteiger partial charge in [-0.15, -0.1) is 5.10 Å². The number of nitro groups is 1. The predicted octanol–water partition coefficient (Wildman–Crippen LogP) is 1.92. The summed E-state index contributed by atoms with van der Waals surface area (Å²) in [5, 5.41) is 15.1. The molecule has 0 saturated carbocycles. The van der Waals surface area contributed by atoms with E-state index in [4.69, 9.17) is 10.5 Å². The monoisotopic (exact) mass is 266 g/mol. The summed E-state index contributed by atoms with van der Waals surface area (Å²) < 4.78 is 9.05. The van der Waals surface area contributed by atoms with E-state index in [9.17, 15) is 10.1 Å². The van der Waals surface area contributed by atoms with Crippen molar-refractivity contribution in [2.45, 2.75) is 13.5 Å². The maximum absolute atomic E-state index is 10.8. The normalized spacial score (nSPS) is 10.3. The number of rotatable bonds is 4. The number of nitrogens with zero attached hydrogens (tertiary/aromatic N) is 3. The smallest absolute Gasteiger partial charge is 0.310 e. The Morgan fingerprint density at radius 2 is 2.33 bits per heavy atom. The lowest BCUT2D eigenvalue weighted by atomic mass is 10.2. The Morgan fingerprint density at radius 1 is 1.56 bits per heavy atom. The van der Waals surface area contributed by atoms with Gasteiger partial charge in [-0.1, -0.05) is 10.6 Å². The Hall–Kier alpha value is -2.22. The highest BCUT2D eigenvalue weighted by molar-refractivity contribution is 7.09. The van der Waals surface area contributed by atoms with Gasteiger partial charge in [-0.25, -0.2) is 0 Å². The van der Waals surface area contributed by atoms with E-state index in [2.05, 4.69) is 9.59 Å². The Morgan fingerprint density at radius 3 is 2.94 bits per heavy atom. The van der Waals surface area contributed by atoms with Gasteiger partial charge in [0, 0.05) is 17.6 Å². The van der Waals surface area contributed by atoms with Gasteiger partial charge in [0.05, 0.1) is 4.92 Å². The Labute approximate surface area is 107 Å². The van der Waals surface area contributed by atoms with Crippen molar-refractivity contribution in [2.75, 3.05) is 5.73 Å². The van der Waals surface area contributed by atoms with Gasteiger partial charge in [0.15, 0.2) is 5.75 Å².